The number of hydrogen-bond donors (Lipinski definition) is 2. The van der Waals surface area contributed by atoms with Crippen LogP contribution in [0, 0.1) is 13.8 Å². The number of oxime groups is 1. The van der Waals surface area contributed by atoms with E-state index in [0.717, 1.165) is 27.9 Å². The van der Waals surface area contributed by atoms with Crippen LogP contribution in [0.15, 0.2) is 96.3 Å². The van der Waals surface area contributed by atoms with Crippen LogP contribution in [0.1, 0.15) is 40.3 Å². The molecule has 1 atom stereocenters. The Hall–Kier alpha value is -4.45. The summed E-state index contributed by atoms with van der Waals surface area (Å²) < 4.78 is 4.69. The first-order valence-electron chi connectivity index (χ1n) is 11.2. The predicted molar refractivity (Wildman–Crippen MR) is 135 cm³/mol. The van der Waals surface area contributed by atoms with Gasteiger partial charge in [0, 0.05) is 29.8 Å². The molecule has 6 nitrogen and oxygen atoms in total. The molecule has 0 amide bonds. The van der Waals surface area contributed by atoms with E-state index < -0.39 is 6.16 Å². The van der Waals surface area contributed by atoms with Gasteiger partial charge >= 0.3 is 6.16 Å². The molecule has 6 heteroatoms. The van der Waals surface area contributed by atoms with Crippen molar-refractivity contribution in [3.63, 3.8) is 0 Å². The smallest absolute Gasteiger partial charge is 0.449 e. The first-order chi connectivity index (χ1) is 16.9. The van der Waals surface area contributed by atoms with Crippen LogP contribution >= 0.6 is 0 Å². The molecule has 2 N–H and O–H groups in total. The van der Waals surface area contributed by atoms with E-state index in [1.54, 1.807) is 18.3 Å². The van der Waals surface area contributed by atoms with Crippen molar-refractivity contribution in [1.82, 2.24) is 4.98 Å². The Bertz CT molecular complexity index is 1350. The molecule has 0 bridgehead atoms. The van der Waals surface area contributed by atoms with Gasteiger partial charge < -0.3 is 15.1 Å². The molecule has 4 rings (SSSR count). The van der Waals surface area contributed by atoms with Crippen molar-refractivity contribution in [1.29, 1.82) is 0 Å². The third-order valence-corrected chi connectivity index (χ3v) is 6.02. The lowest BCUT2D eigenvalue weighted by molar-refractivity contribution is 0.144. The van der Waals surface area contributed by atoms with Crippen molar-refractivity contribution < 1.29 is 19.8 Å². The summed E-state index contributed by atoms with van der Waals surface area (Å²) in [6.07, 6.45) is 0.906. The molecule has 0 fully saturated rings. The second-order valence-corrected chi connectivity index (χ2v) is 8.36. The van der Waals surface area contributed by atoms with Gasteiger partial charge in [0.2, 0.25) is 0 Å². The number of aromatic nitrogens is 1. The van der Waals surface area contributed by atoms with Gasteiger partial charge in [-0.15, -0.1) is 0 Å². The Morgan fingerprint density at radius 2 is 1.60 bits per heavy atom. The van der Waals surface area contributed by atoms with Crippen LogP contribution in [0.4, 0.5) is 4.79 Å². The molecule has 0 unspecified atom stereocenters. The zero-order chi connectivity index (χ0) is 24.8. The minimum absolute atomic E-state index is 0.0176. The van der Waals surface area contributed by atoms with Crippen molar-refractivity contribution in [2.45, 2.75) is 26.2 Å². The number of hydrogen-bond acceptors (Lipinski definition) is 5. The van der Waals surface area contributed by atoms with Gasteiger partial charge in [-0.1, -0.05) is 65.8 Å². The molecule has 0 spiro atoms. The minimum atomic E-state index is -1.34. The van der Waals surface area contributed by atoms with Gasteiger partial charge in [0.25, 0.3) is 0 Å². The number of benzene rings is 3. The number of carboxylic acid groups (broad SMARTS) is 1. The first kappa shape index (κ1) is 23.7. The van der Waals surface area contributed by atoms with Crippen molar-refractivity contribution in [3.8, 4) is 16.9 Å². The zero-order valence-corrected chi connectivity index (χ0v) is 19.6. The van der Waals surface area contributed by atoms with Crippen LogP contribution in [0.2, 0.25) is 0 Å². The lowest BCUT2D eigenvalue weighted by atomic mass is 9.83. The largest absolute Gasteiger partial charge is 0.511 e. The molecule has 35 heavy (non-hydrogen) atoms. The quantitative estimate of drug-likeness (QED) is 0.102. The summed E-state index contributed by atoms with van der Waals surface area (Å²) in [7, 11) is 0. The molecule has 3 aromatic carbocycles. The Kier molecular flexibility index (Phi) is 7.21. The summed E-state index contributed by atoms with van der Waals surface area (Å²) in [5.41, 5.74) is 7.69. The Labute approximate surface area is 204 Å². The third kappa shape index (κ3) is 5.73. The second kappa shape index (κ2) is 10.7. The molecule has 176 valence electrons. The molecular weight excluding hydrogens is 440 g/mol. The van der Waals surface area contributed by atoms with Crippen molar-refractivity contribution in [3.05, 3.63) is 119 Å². The van der Waals surface area contributed by atoms with Gasteiger partial charge in [-0.25, -0.2) is 4.79 Å². The second-order valence-electron chi connectivity index (χ2n) is 8.36. The summed E-state index contributed by atoms with van der Waals surface area (Å²) in [6, 6.07) is 27.2. The summed E-state index contributed by atoms with van der Waals surface area (Å²) in [4.78, 5) is 15.0. The molecule has 4 aromatic rings. The molecule has 1 aromatic heterocycles. The number of aryl methyl sites for hydroxylation is 2. The van der Waals surface area contributed by atoms with Crippen LogP contribution in [0.3, 0.4) is 0 Å². The highest BCUT2D eigenvalue weighted by atomic mass is 16.7. The van der Waals surface area contributed by atoms with Gasteiger partial charge in [-0.05, 0) is 65.9 Å². The number of nitrogens with zero attached hydrogens (tertiary/aromatic N) is 2. The average molecular weight is 467 g/mol. The summed E-state index contributed by atoms with van der Waals surface area (Å²) >= 11 is 0. The number of carbonyl (C=O) groups is 1. The summed E-state index contributed by atoms with van der Waals surface area (Å²) in [5, 5.41) is 22.3. The highest BCUT2D eigenvalue weighted by Crippen LogP contribution is 2.33. The van der Waals surface area contributed by atoms with Crippen LogP contribution in [0.25, 0.3) is 11.1 Å². The Morgan fingerprint density at radius 3 is 2.20 bits per heavy atom. The monoisotopic (exact) mass is 466 g/mol. The van der Waals surface area contributed by atoms with Crippen LogP contribution in [-0.2, 0) is 0 Å². The van der Waals surface area contributed by atoms with E-state index in [2.05, 4.69) is 46.1 Å². The maximum Gasteiger partial charge on any atom is 0.511 e. The fourth-order valence-corrected chi connectivity index (χ4v) is 4.24. The maximum atomic E-state index is 10.7. The Morgan fingerprint density at radius 1 is 0.943 bits per heavy atom. The molecule has 1 heterocycles. The fourth-order valence-electron chi connectivity index (χ4n) is 4.24. The number of ether oxygens (including phenoxy) is 1. The first-order valence-corrected chi connectivity index (χ1v) is 11.2. The van der Waals surface area contributed by atoms with E-state index in [0.29, 0.717) is 12.1 Å². The topological polar surface area (TPSA) is 92.0 Å². The van der Waals surface area contributed by atoms with Gasteiger partial charge in [0.1, 0.15) is 5.75 Å². The normalized spacial score (nSPS) is 12.2. The molecule has 0 aliphatic rings. The SMILES string of the molecule is Cc1cc(/C(C[C@@H](c2ccc(-c3ccc(OC(=O)O)cc3)cc2)c2ccccc2C)=N/O)ccn1. The lowest BCUT2D eigenvalue weighted by Crippen LogP contribution is -2.12. The maximum absolute atomic E-state index is 10.7. The molecule has 0 saturated carbocycles. The van der Waals surface area contributed by atoms with Gasteiger partial charge in [-0.2, -0.15) is 0 Å². The summed E-state index contributed by atoms with van der Waals surface area (Å²) in [6.45, 7) is 4.00. The molecule has 0 radical (unpaired) electrons. The standard InChI is InChI=1S/C29H26N2O4/c1-19-5-3-4-6-26(19)27(18-28(31-34)24-15-16-30-20(2)17-24)23-9-7-21(8-10-23)22-11-13-25(14-12-22)35-29(32)33/h3-17,27,34H,18H2,1-2H3,(H,32,33)/b31-28+/t27-/m0/s1. The number of rotatable bonds is 7. The highest BCUT2D eigenvalue weighted by molar-refractivity contribution is 6.01. The minimum Gasteiger partial charge on any atom is -0.449 e. The zero-order valence-electron chi connectivity index (χ0n) is 19.6. The average Bonchev–Trinajstić information content (AvgIpc) is 2.86. The van der Waals surface area contributed by atoms with Crippen molar-refractivity contribution in [2.24, 2.45) is 5.16 Å². The van der Waals surface area contributed by atoms with E-state index in [9.17, 15) is 10.0 Å². The molecular formula is C29H26N2O4. The van der Waals surface area contributed by atoms with Gasteiger partial charge in [0.05, 0.1) is 5.71 Å². The molecule has 0 saturated heterocycles. The lowest BCUT2D eigenvalue weighted by Gasteiger charge is -2.21. The van der Waals surface area contributed by atoms with E-state index >= 15 is 0 Å². The van der Waals surface area contributed by atoms with E-state index in [-0.39, 0.29) is 11.7 Å². The van der Waals surface area contributed by atoms with Crippen molar-refractivity contribution in [2.75, 3.05) is 0 Å². The third-order valence-electron chi connectivity index (χ3n) is 6.02. The van der Waals surface area contributed by atoms with E-state index in [1.165, 1.54) is 11.1 Å². The predicted octanol–water partition coefficient (Wildman–Crippen LogP) is 6.82. The van der Waals surface area contributed by atoms with E-state index in [1.807, 2.05) is 55.5 Å². The molecule has 0 aliphatic heterocycles. The van der Waals surface area contributed by atoms with Gasteiger partial charge in [0.15, 0.2) is 0 Å². The summed E-state index contributed by atoms with van der Waals surface area (Å²) in [5.74, 6) is 0.260. The fraction of sp³-hybridized carbons (Fsp3) is 0.138. The van der Waals surface area contributed by atoms with Crippen LogP contribution < -0.4 is 4.74 Å². The highest BCUT2D eigenvalue weighted by Gasteiger charge is 2.20. The van der Waals surface area contributed by atoms with E-state index in [4.69, 9.17) is 5.11 Å². The van der Waals surface area contributed by atoms with Crippen LogP contribution in [0.5, 0.6) is 5.75 Å². The van der Waals surface area contributed by atoms with Crippen LogP contribution in [-0.4, -0.2) is 27.2 Å². The number of pyridine rings is 1. The van der Waals surface area contributed by atoms with Crippen molar-refractivity contribution >= 4 is 11.9 Å². The molecule has 0 aliphatic carbocycles. The van der Waals surface area contributed by atoms with Gasteiger partial charge in [-0.3, -0.25) is 4.98 Å². The Balaban J connectivity index is 1.66.